The average molecular weight is 494 g/mol. The molecule has 0 bridgehead atoms. The third kappa shape index (κ3) is 5.73. The van der Waals surface area contributed by atoms with Crippen molar-refractivity contribution in [3.8, 4) is 17.2 Å². The van der Waals surface area contributed by atoms with Gasteiger partial charge in [-0.05, 0) is 72.6 Å². The third-order valence-electron chi connectivity index (χ3n) is 5.42. The van der Waals surface area contributed by atoms with Crippen LogP contribution in [0.4, 0.5) is 5.69 Å². The fourth-order valence-corrected chi connectivity index (χ4v) is 3.73. The Kier molecular flexibility index (Phi) is 7.45. The average Bonchev–Trinajstić information content (AvgIpc) is 3.27. The molecule has 1 aromatic heterocycles. The second kappa shape index (κ2) is 10.7. The number of thiocarbonyl (C=S) groups is 1. The molecule has 0 aliphatic carbocycles. The van der Waals surface area contributed by atoms with Gasteiger partial charge in [0.25, 0.3) is 5.91 Å². The van der Waals surface area contributed by atoms with E-state index in [9.17, 15) is 4.79 Å². The maximum atomic E-state index is 12.2. The molecule has 4 aromatic rings. The summed E-state index contributed by atoms with van der Waals surface area (Å²) in [7, 11) is 0. The molecule has 2 N–H and O–H groups in total. The summed E-state index contributed by atoms with van der Waals surface area (Å²) in [5.74, 6) is 1.14. The molecule has 1 atom stereocenters. The fraction of sp³-hybridized carbons (Fsp3) is 0.192. The molecule has 1 heterocycles. The molecule has 34 heavy (non-hydrogen) atoms. The van der Waals surface area contributed by atoms with Crippen LogP contribution in [0.1, 0.15) is 31.7 Å². The van der Waals surface area contributed by atoms with Gasteiger partial charge in [-0.25, -0.2) is 4.98 Å². The number of nitrogens with one attached hydrogen (secondary N) is 2. The number of hydrogen-bond acceptors (Lipinski definition) is 5. The van der Waals surface area contributed by atoms with Crippen LogP contribution in [0.15, 0.2) is 71.1 Å². The fourth-order valence-electron chi connectivity index (χ4n) is 3.35. The number of para-hydroxylation sites is 1. The molecule has 1 amide bonds. The molecule has 0 spiro atoms. The Balaban J connectivity index is 1.44. The number of halogens is 1. The minimum Gasteiger partial charge on any atom is -0.484 e. The lowest BCUT2D eigenvalue weighted by Crippen LogP contribution is -2.37. The molecule has 0 saturated carbocycles. The first-order chi connectivity index (χ1) is 16.4. The second-order valence-corrected chi connectivity index (χ2v) is 8.67. The monoisotopic (exact) mass is 493 g/mol. The van der Waals surface area contributed by atoms with Crippen LogP contribution in [-0.4, -0.2) is 22.6 Å². The number of carbonyl (C=O) groups is 1. The van der Waals surface area contributed by atoms with Crippen LogP contribution < -0.4 is 15.4 Å². The van der Waals surface area contributed by atoms with Gasteiger partial charge in [-0.15, -0.1) is 0 Å². The normalized spacial score (nSPS) is 11.7. The SMILES string of the molecule is CCC(C)c1ccc2oc(-c3ccc(Cl)c(NC(=S)NC(=O)COc4ccccc4)c3)nc2c1. The van der Waals surface area contributed by atoms with Crippen LogP contribution in [-0.2, 0) is 4.79 Å². The zero-order valence-electron chi connectivity index (χ0n) is 18.8. The number of oxazole rings is 1. The molecule has 4 rings (SSSR count). The van der Waals surface area contributed by atoms with Crippen LogP contribution in [0.3, 0.4) is 0 Å². The molecule has 0 saturated heterocycles. The smallest absolute Gasteiger partial charge is 0.264 e. The van der Waals surface area contributed by atoms with Gasteiger partial charge in [0.1, 0.15) is 11.3 Å². The molecule has 6 nitrogen and oxygen atoms in total. The van der Waals surface area contributed by atoms with Crippen molar-refractivity contribution < 1.29 is 13.9 Å². The Morgan fingerprint density at radius 2 is 1.94 bits per heavy atom. The Morgan fingerprint density at radius 3 is 2.71 bits per heavy atom. The van der Waals surface area contributed by atoms with Crippen molar-refractivity contribution in [1.29, 1.82) is 0 Å². The van der Waals surface area contributed by atoms with E-state index in [-0.39, 0.29) is 17.6 Å². The summed E-state index contributed by atoms with van der Waals surface area (Å²) < 4.78 is 11.4. The maximum Gasteiger partial charge on any atom is 0.264 e. The van der Waals surface area contributed by atoms with E-state index >= 15 is 0 Å². The summed E-state index contributed by atoms with van der Waals surface area (Å²) in [5, 5.41) is 6.09. The van der Waals surface area contributed by atoms with Crippen molar-refractivity contribution in [3.63, 3.8) is 0 Å². The van der Waals surface area contributed by atoms with Gasteiger partial charge < -0.3 is 14.5 Å². The van der Waals surface area contributed by atoms with Gasteiger partial charge in [0, 0.05) is 5.56 Å². The number of fused-ring (bicyclic) bond motifs is 1. The highest BCUT2D eigenvalue weighted by Crippen LogP contribution is 2.31. The van der Waals surface area contributed by atoms with Gasteiger partial charge in [0.2, 0.25) is 5.89 Å². The van der Waals surface area contributed by atoms with Crippen molar-refractivity contribution in [2.24, 2.45) is 0 Å². The third-order valence-corrected chi connectivity index (χ3v) is 5.95. The van der Waals surface area contributed by atoms with Crippen LogP contribution in [0.5, 0.6) is 5.75 Å². The molecular formula is C26H24ClN3O3S. The van der Waals surface area contributed by atoms with Crippen molar-refractivity contribution in [2.75, 3.05) is 11.9 Å². The second-order valence-electron chi connectivity index (χ2n) is 7.85. The number of carbonyl (C=O) groups excluding carboxylic acids is 1. The lowest BCUT2D eigenvalue weighted by molar-refractivity contribution is -0.121. The number of hydrogen-bond donors (Lipinski definition) is 2. The topological polar surface area (TPSA) is 76.4 Å². The Hall–Kier alpha value is -3.42. The summed E-state index contributed by atoms with van der Waals surface area (Å²) in [6, 6.07) is 20.5. The van der Waals surface area contributed by atoms with E-state index in [0.717, 1.165) is 17.5 Å². The largest absolute Gasteiger partial charge is 0.484 e. The van der Waals surface area contributed by atoms with Crippen LogP contribution in [0.25, 0.3) is 22.6 Å². The summed E-state index contributed by atoms with van der Waals surface area (Å²) in [6.07, 6.45) is 1.05. The minimum atomic E-state index is -0.385. The minimum absolute atomic E-state index is 0.108. The van der Waals surface area contributed by atoms with Gasteiger partial charge in [-0.2, -0.15) is 0 Å². The Bertz CT molecular complexity index is 1320. The standard InChI is InChI=1S/C26H24ClN3O3S/c1-3-16(2)17-10-12-23-22(13-17)28-25(33-23)18-9-11-20(27)21(14-18)29-26(34)30-24(31)15-32-19-7-5-4-6-8-19/h4-14,16H,3,15H2,1-2H3,(H2,29,30,31,34). The molecule has 0 aliphatic rings. The van der Waals surface area contributed by atoms with Crippen molar-refractivity contribution in [2.45, 2.75) is 26.2 Å². The van der Waals surface area contributed by atoms with Gasteiger partial charge >= 0.3 is 0 Å². The van der Waals surface area contributed by atoms with E-state index < -0.39 is 0 Å². The van der Waals surface area contributed by atoms with Crippen LogP contribution in [0.2, 0.25) is 5.02 Å². The molecule has 1 unspecified atom stereocenters. The number of benzene rings is 3. The molecule has 0 aliphatic heterocycles. The zero-order chi connectivity index (χ0) is 24.1. The predicted molar refractivity (Wildman–Crippen MR) is 139 cm³/mol. The lowest BCUT2D eigenvalue weighted by atomic mass is 9.98. The number of rotatable bonds is 7. The van der Waals surface area contributed by atoms with E-state index in [1.807, 2.05) is 30.3 Å². The summed E-state index contributed by atoms with van der Waals surface area (Å²) in [4.78, 5) is 16.8. The lowest BCUT2D eigenvalue weighted by Gasteiger charge is -2.12. The molecule has 174 valence electrons. The first-order valence-corrected chi connectivity index (χ1v) is 11.7. The summed E-state index contributed by atoms with van der Waals surface area (Å²) in [6.45, 7) is 4.18. The van der Waals surface area contributed by atoms with Gasteiger partial charge in [0.15, 0.2) is 17.3 Å². The maximum absolute atomic E-state index is 12.2. The Morgan fingerprint density at radius 1 is 1.15 bits per heavy atom. The van der Waals surface area contributed by atoms with Crippen molar-refractivity contribution in [3.05, 3.63) is 77.3 Å². The molecular weight excluding hydrogens is 470 g/mol. The van der Waals surface area contributed by atoms with Gasteiger partial charge in [-0.3, -0.25) is 10.1 Å². The molecule has 0 fully saturated rings. The zero-order valence-corrected chi connectivity index (χ0v) is 20.4. The van der Waals surface area contributed by atoms with Crippen LogP contribution >= 0.6 is 23.8 Å². The van der Waals surface area contributed by atoms with Crippen molar-refractivity contribution >= 4 is 51.6 Å². The van der Waals surface area contributed by atoms with Crippen molar-refractivity contribution in [1.82, 2.24) is 10.3 Å². The quantitative estimate of drug-likeness (QED) is 0.284. The molecule has 3 aromatic carbocycles. The van der Waals surface area contributed by atoms with E-state index in [1.165, 1.54) is 5.56 Å². The highest BCUT2D eigenvalue weighted by Gasteiger charge is 2.14. The van der Waals surface area contributed by atoms with E-state index in [2.05, 4.69) is 41.6 Å². The predicted octanol–water partition coefficient (Wildman–Crippen LogP) is 6.55. The van der Waals surface area contributed by atoms with E-state index in [4.69, 9.17) is 33.0 Å². The van der Waals surface area contributed by atoms with Gasteiger partial charge in [-0.1, -0.05) is 49.7 Å². The summed E-state index contributed by atoms with van der Waals surface area (Å²) >= 11 is 11.6. The number of aromatic nitrogens is 1. The highest BCUT2D eigenvalue weighted by atomic mass is 35.5. The summed E-state index contributed by atoms with van der Waals surface area (Å²) in [5.41, 5.74) is 4.00. The number of ether oxygens (including phenoxy) is 1. The number of nitrogens with zero attached hydrogens (tertiary/aromatic N) is 1. The first kappa shape index (κ1) is 23.7. The van der Waals surface area contributed by atoms with Gasteiger partial charge in [0.05, 0.1) is 10.7 Å². The number of amides is 1. The number of anilines is 1. The molecule has 0 radical (unpaired) electrons. The highest BCUT2D eigenvalue weighted by molar-refractivity contribution is 7.80. The van der Waals surface area contributed by atoms with Crippen LogP contribution in [0, 0.1) is 0 Å². The Labute approximate surface area is 208 Å². The first-order valence-electron chi connectivity index (χ1n) is 10.9. The molecule has 8 heteroatoms. The van der Waals surface area contributed by atoms with E-state index in [1.54, 1.807) is 24.3 Å². The van der Waals surface area contributed by atoms with E-state index in [0.29, 0.717) is 33.9 Å².